The summed E-state index contributed by atoms with van der Waals surface area (Å²) in [5, 5.41) is 3.71. The minimum absolute atomic E-state index is 0.00995. The van der Waals surface area contributed by atoms with E-state index in [0.717, 1.165) is 6.42 Å². The highest BCUT2D eigenvalue weighted by molar-refractivity contribution is 4.88. The van der Waals surface area contributed by atoms with E-state index in [0.29, 0.717) is 0 Å². The summed E-state index contributed by atoms with van der Waals surface area (Å²) >= 11 is 0. The van der Waals surface area contributed by atoms with Gasteiger partial charge >= 0.3 is 0 Å². The van der Waals surface area contributed by atoms with Gasteiger partial charge in [0.25, 0.3) is 0 Å². The highest BCUT2D eigenvalue weighted by Crippen LogP contribution is 2.24. The first-order valence-electron chi connectivity index (χ1n) is 4.41. The van der Waals surface area contributed by atoms with Crippen molar-refractivity contribution in [2.45, 2.75) is 44.6 Å². The molecule has 5 heteroatoms. The smallest absolute Gasteiger partial charge is 0.0915 e. The Morgan fingerprint density at radius 1 is 1.54 bits per heavy atom. The molecular formula is C8H15N3O2. The van der Waals surface area contributed by atoms with Gasteiger partial charge in [0.2, 0.25) is 0 Å². The molecule has 0 amide bonds. The van der Waals surface area contributed by atoms with Crippen molar-refractivity contribution in [3.05, 3.63) is 10.4 Å². The van der Waals surface area contributed by atoms with Crippen LogP contribution in [0.25, 0.3) is 10.4 Å². The molecule has 1 fully saturated rings. The third-order valence-electron chi connectivity index (χ3n) is 2.33. The molecule has 1 saturated heterocycles. The largest absolute Gasteiger partial charge is 0.378 e. The van der Waals surface area contributed by atoms with Crippen LogP contribution in [0.2, 0.25) is 0 Å². The summed E-state index contributed by atoms with van der Waals surface area (Å²) in [6.45, 7) is 3.91. The molecule has 0 aromatic heterocycles. The van der Waals surface area contributed by atoms with Crippen molar-refractivity contribution in [2.75, 3.05) is 7.11 Å². The van der Waals surface area contributed by atoms with Crippen molar-refractivity contribution >= 4 is 0 Å². The Kier molecular flexibility index (Phi) is 3.54. The minimum Gasteiger partial charge on any atom is -0.378 e. The highest BCUT2D eigenvalue weighted by Gasteiger charge is 2.34. The molecule has 1 aliphatic heterocycles. The Balaban J connectivity index is 2.71. The van der Waals surface area contributed by atoms with Gasteiger partial charge in [0.05, 0.1) is 24.4 Å². The van der Waals surface area contributed by atoms with Gasteiger partial charge in [0, 0.05) is 12.0 Å². The van der Waals surface area contributed by atoms with Crippen LogP contribution in [0.15, 0.2) is 5.11 Å². The SMILES string of the molecule is CO[C@@H]1[C@@H](N=[N+]=[N-])C[C@H](C)O[C@H]1C. The molecule has 0 radical (unpaired) electrons. The van der Waals surface area contributed by atoms with Crippen molar-refractivity contribution < 1.29 is 9.47 Å². The van der Waals surface area contributed by atoms with Gasteiger partial charge in [-0.2, -0.15) is 0 Å². The Morgan fingerprint density at radius 2 is 2.23 bits per heavy atom. The number of rotatable bonds is 2. The molecule has 0 spiro atoms. The number of ether oxygens (including phenoxy) is 2. The Labute approximate surface area is 77.6 Å². The summed E-state index contributed by atoms with van der Waals surface area (Å²) in [5.74, 6) is 0. The number of nitrogens with zero attached hydrogens (tertiary/aromatic N) is 3. The molecule has 74 valence electrons. The maximum atomic E-state index is 8.37. The van der Waals surface area contributed by atoms with Crippen LogP contribution in [0.5, 0.6) is 0 Å². The lowest BCUT2D eigenvalue weighted by Crippen LogP contribution is -2.46. The van der Waals surface area contributed by atoms with Crippen LogP contribution in [0.1, 0.15) is 20.3 Å². The van der Waals surface area contributed by atoms with Crippen molar-refractivity contribution in [1.82, 2.24) is 0 Å². The van der Waals surface area contributed by atoms with Crippen molar-refractivity contribution in [3.8, 4) is 0 Å². The molecule has 0 aliphatic carbocycles. The fourth-order valence-corrected chi connectivity index (χ4v) is 1.81. The second-order valence-electron chi connectivity index (χ2n) is 3.36. The number of azide groups is 1. The van der Waals surface area contributed by atoms with Gasteiger partial charge in [-0.3, -0.25) is 0 Å². The number of methoxy groups -OCH3 is 1. The van der Waals surface area contributed by atoms with Crippen LogP contribution in [0.4, 0.5) is 0 Å². The summed E-state index contributed by atoms with van der Waals surface area (Å²) in [4.78, 5) is 2.82. The second-order valence-corrected chi connectivity index (χ2v) is 3.36. The Hall–Kier alpha value is -0.770. The molecule has 13 heavy (non-hydrogen) atoms. The standard InChI is InChI=1S/C8H15N3O2/c1-5-4-7(10-11-9)8(12-3)6(2)13-5/h5-8H,4H2,1-3H3/t5-,6-,7-,8-/m0/s1. The zero-order valence-electron chi connectivity index (χ0n) is 8.17. The molecule has 0 unspecified atom stereocenters. The Morgan fingerprint density at radius 3 is 2.77 bits per heavy atom. The van der Waals surface area contributed by atoms with Gasteiger partial charge in [-0.15, -0.1) is 0 Å². The zero-order valence-corrected chi connectivity index (χ0v) is 8.17. The second kappa shape index (κ2) is 4.46. The topological polar surface area (TPSA) is 67.2 Å². The normalized spacial score (nSPS) is 39.6. The van der Waals surface area contributed by atoms with Crippen LogP contribution in [-0.2, 0) is 9.47 Å². The predicted molar refractivity (Wildman–Crippen MR) is 48.4 cm³/mol. The molecule has 0 aromatic rings. The molecule has 1 aliphatic rings. The monoisotopic (exact) mass is 185 g/mol. The first kappa shape index (κ1) is 10.3. The van der Waals surface area contributed by atoms with E-state index >= 15 is 0 Å². The molecule has 0 bridgehead atoms. The molecule has 1 heterocycles. The van der Waals surface area contributed by atoms with E-state index in [1.54, 1.807) is 7.11 Å². The molecule has 0 saturated carbocycles. The lowest BCUT2D eigenvalue weighted by molar-refractivity contribution is -0.123. The summed E-state index contributed by atoms with van der Waals surface area (Å²) in [6, 6.07) is -0.103. The lowest BCUT2D eigenvalue weighted by Gasteiger charge is -2.36. The molecule has 0 N–H and O–H groups in total. The van der Waals surface area contributed by atoms with Crippen molar-refractivity contribution in [3.63, 3.8) is 0 Å². The fraction of sp³-hybridized carbons (Fsp3) is 1.00. The summed E-state index contributed by atoms with van der Waals surface area (Å²) in [7, 11) is 1.61. The van der Waals surface area contributed by atoms with E-state index < -0.39 is 0 Å². The van der Waals surface area contributed by atoms with Crippen LogP contribution in [-0.4, -0.2) is 31.5 Å². The molecule has 1 rings (SSSR count). The maximum absolute atomic E-state index is 8.37. The van der Waals surface area contributed by atoms with Gasteiger partial charge in [-0.25, -0.2) is 0 Å². The number of hydrogen-bond donors (Lipinski definition) is 0. The van der Waals surface area contributed by atoms with Gasteiger partial charge in [-0.1, -0.05) is 5.11 Å². The van der Waals surface area contributed by atoms with Gasteiger partial charge in [0.1, 0.15) is 0 Å². The Bertz CT molecular complexity index is 215. The zero-order chi connectivity index (χ0) is 9.84. The van der Waals surface area contributed by atoms with Gasteiger partial charge < -0.3 is 9.47 Å². The first-order valence-corrected chi connectivity index (χ1v) is 4.41. The quantitative estimate of drug-likeness (QED) is 0.374. The van der Waals surface area contributed by atoms with Gasteiger partial charge in [-0.05, 0) is 25.8 Å². The molecule has 0 aromatic carbocycles. The molecular weight excluding hydrogens is 170 g/mol. The van der Waals surface area contributed by atoms with E-state index in [1.165, 1.54) is 0 Å². The summed E-state index contributed by atoms with van der Waals surface area (Å²) in [6.07, 6.45) is 0.737. The van der Waals surface area contributed by atoms with E-state index in [1.807, 2.05) is 13.8 Å². The van der Waals surface area contributed by atoms with Crippen LogP contribution in [0, 0.1) is 0 Å². The first-order chi connectivity index (χ1) is 6.19. The third kappa shape index (κ3) is 2.34. The molecule has 4 atom stereocenters. The average molecular weight is 185 g/mol. The highest BCUT2D eigenvalue weighted by atomic mass is 16.5. The predicted octanol–water partition coefficient (Wildman–Crippen LogP) is 1.88. The fourth-order valence-electron chi connectivity index (χ4n) is 1.81. The van der Waals surface area contributed by atoms with E-state index in [2.05, 4.69) is 10.0 Å². The average Bonchev–Trinajstić information content (AvgIpc) is 2.04. The third-order valence-corrected chi connectivity index (χ3v) is 2.33. The van der Waals surface area contributed by atoms with Crippen molar-refractivity contribution in [2.24, 2.45) is 5.11 Å². The number of hydrogen-bond acceptors (Lipinski definition) is 3. The van der Waals surface area contributed by atoms with E-state index in [-0.39, 0.29) is 24.4 Å². The van der Waals surface area contributed by atoms with Crippen LogP contribution < -0.4 is 0 Å². The van der Waals surface area contributed by atoms with E-state index in [4.69, 9.17) is 15.0 Å². The minimum atomic E-state index is -0.118. The summed E-state index contributed by atoms with van der Waals surface area (Å²) < 4.78 is 10.8. The maximum Gasteiger partial charge on any atom is 0.0915 e. The summed E-state index contributed by atoms with van der Waals surface area (Å²) in [5.41, 5.74) is 8.37. The lowest BCUT2D eigenvalue weighted by atomic mass is 9.97. The van der Waals surface area contributed by atoms with Crippen molar-refractivity contribution in [1.29, 1.82) is 0 Å². The van der Waals surface area contributed by atoms with Gasteiger partial charge in [0.15, 0.2) is 0 Å². The van der Waals surface area contributed by atoms with Crippen LogP contribution >= 0.6 is 0 Å². The van der Waals surface area contributed by atoms with Crippen LogP contribution in [0.3, 0.4) is 0 Å². The molecule has 5 nitrogen and oxygen atoms in total. The van der Waals surface area contributed by atoms with E-state index in [9.17, 15) is 0 Å².